The Morgan fingerprint density at radius 1 is 1.22 bits per heavy atom. The lowest BCUT2D eigenvalue weighted by Crippen LogP contribution is -2.41. The average Bonchev–Trinajstić information content (AvgIpc) is 3.11. The number of hydrogen-bond donors (Lipinski definition) is 1. The van der Waals surface area contributed by atoms with Crippen LogP contribution in [0, 0.1) is 5.92 Å². The molecule has 1 saturated carbocycles. The fraction of sp³-hybridized carbons (Fsp3) is 0.733. The summed E-state index contributed by atoms with van der Waals surface area (Å²) >= 11 is 1.90. The van der Waals surface area contributed by atoms with E-state index in [0.29, 0.717) is 12.1 Å². The Labute approximate surface area is 114 Å². The second kappa shape index (κ2) is 6.18. The van der Waals surface area contributed by atoms with Gasteiger partial charge >= 0.3 is 0 Å². The molecule has 2 atom stereocenters. The van der Waals surface area contributed by atoms with Crippen molar-refractivity contribution >= 4 is 11.3 Å². The highest BCUT2D eigenvalue weighted by atomic mass is 32.1. The molecule has 0 amide bonds. The Hall–Kier alpha value is -0.380. The van der Waals surface area contributed by atoms with Crippen LogP contribution in [-0.2, 0) is 4.74 Å². The second-order valence-corrected chi connectivity index (χ2v) is 6.60. The summed E-state index contributed by atoms with van der Waals surface area (Å²) in [5.41, 5.74) is 0. The minimum Gasteiger partial charge on any atom is -0.380 e. The lowest BCUT2D eigenvalue weighted by molar-refractivity contribution is 0.0632. The first-order chi connectivity index (χ1) is 8.93. The molecule has 2 nitrogen and oxygen atoms in total. The molecule has 1 N–H and O–H groups in total. The monoisotopic (exact) mass is 265 g/mol. The Morgan fingerprint density at radius 2 is 2.11 bits per heavy atom. The van der Waals surface area contributed by atoms with Crippen LogP contribution in [0.2, 0.25) is 0 Å². The molecule has 0 spiro atoms. The molecule has 1 aliphatic carbocycles. The average molecular weight is 265 g/mol. The van der Waals surface area contributed by atoms with Crippen LogP contribution < -0.4 is 5.32 Å². The number of rotatable bonds is 4. The number of thiophene rings is 1. The van der Waals surface area contributed by atoms with E-state index in [1.165, 1.54) is 43.4 Å². The van der Waals surface area contributed by atoms with Crippen molar-refractivity contribution in [2.24, 2.45) is 5.92 Å². The van der Waals surface area contributed by atoms with E-state index in [2.05, 4.69) is 22.8 Å². The van der Waals surface area contributed by atoms with E-state index in [-0.39, 0.29) is 0 Å². The third kappa shape index (κ3) is 2.95. The van der Waals surface area contributed by atoms with Crippen molar-refractivity contribution in [1.29, 1.82) is 0 Å². The van der Waals surface area contributed by atoms with Crippen LogP contribution in [0.5, 0.6) is 0 Å². The van der Waals surface area contributed by atoms with Gasteiger partial charge in [-0.2, -0.15) is 0 Å². The first-order valence-electron chi connectivity index (χ1n) is 7.30. The molecule has 3 rings (SSSR count). The van der Waals surface area contributed by atoms with Crippen LogP contribution in [0.3, 0.4) is 0 Å². The van der Waals surface area contributed by atoms with E-state index in [4.69, 9.17) is 4.74 Å². The molecule has 2 aliphatic rings. The van der Waals surface area contributed by atoms with E-state index < -0.39 is 0 Å². The predicted molar refractivity (Wildman–Crippen MR) is 76.0 cm³/mol. The van der Waals surface area contributed by atoms with E-state index in [1.54, 1.807) is 0 Å². The molecule has 2 fully saturated rings. The molecule has 100 valence electrons. The fourth-order valence-electron chi connectivity index (χ4n) is 3.34. The van der Waals surface area contributed by atoms with Gasteiger partial charge in [-0.25, -0.2) is 0 Å². The molecule has 0 bridgehead atoms. The van der Waals surface area contributed by atoms with Crippen LogP contribution in [0.4, 0.5) is 0 Å². The minimum absolute atomic E-state index is 0.562. The maximum atomic E-state index is 5.60. The number of hydrogen-bond acceptors (Lipinski definition) is 3. The van der Waals surface area contributed by atoms with Gasteiger partial charge in [0.25, 0.3) is 0 Å². The molecule has 0 radical (unpaired) electrons. The van der Waals surface area contributed by atoms with Crippen molar-refractivity contribution in [3.05, 3.63) is 22.4 Å². The summed E-state index contributed by atoms with van der Waals surface area (Å²) in [6, 6.07) is 5.61. The largest absolute Gasteiger partial charge is 0.380 e. The van der Waals surface area contributed by atoms with Crippen LogP contribution in [0.1, 0.15) is 49.4 Å². The predicted octanol–water partition coefficient (Wildman–Crippen LogP) is 3.75. The third-order valence-corrected chi connectivity index (χ3v) is 5.25. The van der Waals surface area contributed by atoms with Crippen molar-refractivity contribution in [1.82, 2.24) is 5.32 Å². The quantitative estimate of drug-likeness (QED) is 0.895. The maximum absolute atomic E-state index is 5.60. The van der Waals surface area contributed by atoms with Gasteiger partial charge in [-0.3, -0.25) is 0 Å². The Balaban J connectivity index is 1.68. The Morgan fingerprint density at radius 3 is 2.78 bits per heavy atom. The van der Waals surface area contributed by atoms with E-state index in [9.17, 15) is 0 Å². The van der Waals surface area contributed by atoms with Gasteiger partial charge in [0.1, 0.15) is 0 Å². The molecule has 1 aromatic heterocycles. The summed E-state index contributed by atoms with van der Waals surface area (Å²) in [6.07, 6.45) is 8.09. The highest BCUT2D eigenvalue weighted by Crippen LogP contribution is 2.37. The standard InChI is InChI=1S/C15H23NOS/c1-2-6-12(5-1)15(14-8-4-10-18-14)16-13-7-3-9-17-11-13/h4,8,10,12-13,15-16H,1-3,5-7,9,11H2. The SMILES string of the molecule is c1csc(C(NC2CCCOC2)C2CCCC2)c1. The van der Waals surface area contributed by atoms with Crippen molar-refractivity contribution in [2.45, 2.75) is 50.6 Å². The van der Waals surface area contributed by atoms with Crippen LogP contribution in [-0.4, -0.2) is 19.3 Å². The van der Waals surface area contributed by atoms with Gasteiger partial charge in [0.05, 0.1) is 6.61 Å². The molecule has 2 unspecified atom stereocenters. The van der Waals surface area contributed by atoms with Gasteiger partial charge in [0.2, 0.25) is 0 Å². The molecule has 1 aromatic rings. The van der Waals surface area contributed by atoms with Crippen molar-refractivity contribution < 1.29 is 4.74 Å². The highest BCUT2D eigenvalue weighted by molar-refractivity contribution is 7.10. The number of ether oxygens (including phenoxy) is 1. The number of nitrogens with one attached hydrogen (secondary N) is 1. The first-order valence-corrected chi connectivity index (χ1v) is 8.18. The highest BCUT2D eigenvalue weighted by Gasteiger charge is 2.29. The van der Waals surface area contributed by atoms with Gasteiger partial charge in [0.15, 0.2) is 0 Å². The third-order valence-electron chi connectivity index (χ3n) is 4.30. The minimum atomic E-state index is 0.562. The van der Waals surface area contributed by atoms with E-state index in [1.807, 2.05) is 11.3 Å². The topological polar surface area (TPSA) is 21.3 Å². The summed E-state index contributed by atoms with van der Waals surface area (Å²) < 4.78 is 5.60. The summed E-state index contributed by atoms with van der Waals surface area (Å²) in [6.45, 7) is 1.85. The van der Waals surface area contributed by atoms with Crippen LogP contribution >= 0.6 is 11.3 Å². The zero-order chi connectivity index (χ0) is 12.2. The molecule has 18 heavy (non-hydrogen) atoms. The molecular weight excluding hydrogens is 242 g/mol. The lowest BCUT2D eigenvalue weighted by Gasteiger charge is -2.31. The zero-order valence-corrected chi connectivity index (χ0v) is 11.8. The molecule has 1 saturated heterocycles. The van der Waals surface area contributed by atoms with Crippen LogP contribution in [0.15, 0.2) is 17.5 Å². The van der Waals surface area contributed by atoms with E-state index in [0.717, 1.165) is 19.1 Å². The summed E-state index contributed by atoms with van der Waals surface area (Å²) in [7, 11) is 0. The summed E-state index contributed by atoms with van der Waals surface area (Å²) in [4.78, 5) is 1.52. The Bertz CT molecular complexity index is 339. The molecule has 0 aromatic carbocycles. The van der Waals surface area contributed by atoms with Crippen LogP contribution in [0.25, 0.3) is 0 Å². The smallest absolute Gasteiger partial charge is 0.0619 e. The van der Waals surface area contributed by atoms with Gasteiger partial charge < -0.3 is 10.1 Å². The molecular formula is C15H23NOS. The molecule has 1 aliphatic heterocycles. The zero-order valence-electron chi connectivity index (χ0n) is 10.9. The summed E-state index contributed by atoms with van der Waals surface area (Å²) in [5, 5.41) is 6.09. The van der Waals surface area contributed by atoms with Crippen molar-refractivity contribution in [3.8, 4) is 0 Å². The van der Waals surface area contributed by atoms with Crippen molar-refractivity contribution in [3.63, 3.8) is 0 Å². The van der Waals surface area contributed by atoms with Gasteiger partial charge in [-0.1, -0.05) is 18.9 Å². The maximum Gasteiger partial charge on any atom is 0.0619 e. The van der Waals surface area contributed by atoms with E-state index >= 15 is 0 Å². The first kappa shape index (κ1) is 12.6. The fourth-order valence-corrected chi connectivity index (χ4v) is 4.21. The molecule has 3 heteroatoms. The van der Waals surface area contributed by atoms with Crippen molar-refractivity contribution in [2.75, 3.05) is 13.2 Å². The molecule has 2 heterocycles. The normalized spacial score (nSPS) is 27.4. The lowest BCUT2D eigenvalue weighted by atomic mass is 9.95. The van der Waals surface area contributed by atoms with Gasteiger partial charge in [0, 0.05) is 23.6 Å². The van der Waals surface area contributed by atoms with Gasteiger partial charge in [-0.15, -0.1) is 11.3 Å². The second-order valence-electron chi connectivity index (χ2n) is 5.62. The Kier molecular flexibility index (Phi) is 4.34. The van der Waals surface area contributed by atoms with Gasteiger partial charge in [-0.05, 0) is 43.0 Å². The summed E-state index contributed by atoms with van der Waals surface area (Å²) in [5.74, 6) is 0.838.